The Labute approximate surface area is 119 Å². The van der Waals surface area contributed by atoms with Gasteiger partial charge in [0.25, 0.3) is 0 Å². The van der Waals surface area contributed by atoms with E-state index in [1.54, 1.807) is 0 Å². The number of aromatic nitrogens is 3. The van der Waals surface area contributed by atoms with Gasteiger partial charge in [-0.1, -0.05) is 0 Å². The Morgan fingerprint density at radius 1 is 1.30 bits per heavy atom. The zero-order valence-corrected chi connectivity index (χ0v) is 11.9. The summed E-state index contributed by atoms with van der Waals surface area (Å²) < 4.78 is 1.85. The van der Waals surface area contributed by atoms with E-state index in [9.17, 15) is 0 Å². The van der Waals surface area contributed by atoms with Crippen LogP contribution in [0.4, 0.5) is 5.95 Å². The number of hydrogen-bond acceptors (Lipinski definition) is 4. The Hall–Kier alpha value is -1.62. The van der Waals surface area contributed by atoms with E-state index in [0.29, 0.717) is 6.04 Å². The van der Waals surface area contributed by atoms with Gasteiger partial charge in [-0.2, -0.15) is 4.98 Å². The van der Waals surface area contributed by atoms with Gasteiger partial charge in [-0.3, -0.25) is 0 Å². The highest BCUT2D eigenvalue weighted by Crippen LogP contribution is 2.28. The molecule has 1 N–H and O–H groups in total. The summed E-state index contributed by atoms with van der Waals surface area (Å²) in [4.78, 5) is 7.22. The van der Waals surface area contributed by atoms with E-state index in [2.05, 4.69) is 39.4 Å². The van der Waals surface area contributed by atoms with Crippen molar-refractivity contribution < 1.29 is 0 Å². The third kappa shape index (κ3) is 2.16. The molecule has 4 rings (SSSR count). The molecule has 0 spiro atoms. The van der Waals surface area contributed by atoms with E-state index >= 15 is 0 Å². The van der Waals surface area contributed by atoms with Crippen LogP contribution in [0.3, 0.4) is 0 Å². The molecule has 2 aromatic rings. The highest BCUT2D eigenvalue weighted by Gasteiger charge is 2.31. The number of nitrogens with one attached hydrogen (secondary N) is 1. The van der Waals surface area contributed by atoms with Gasteiger partial charge in [0.05, 0.1) is 0 Å². The van der Waals surface area contributed by atoms with Crippen molar-refractivity contribution in [3.05, 3.63) is 23.9 Å². The van der Waals surface area contributed by atoms with Crippen LogP contribution in [-0.4, -0.2) is 44.7 Å². The van der Waals surface area contributed by atoms with E-state index in [1.807, 2.05) is 10.7 Å². The predicted molar refractivity (Wildman–Crippen MR) is 79.0 cm³/mol. The Morgan fingerprint density at radius 3 is 3.20 bits per heavy atom. The third-order valence-corrected chi connectivity index (χ3v) is 4.65. The van der Waals surface area contributed by atoms with Gasteiger partial charge in [-0.25, -0.2) is 4.52 Å². The summed E-state index contributed by atoms with van der Waals surface area (Å²) in [5.41, 5.74) is 2.14. The molecular formula is C15H21N5. The van der Waals surface area contributed by atoms with Crippen molar-refractivity contribution in [2.45, 2.75) is 44.7 Å². The van der Waals surface area contributed by atoms with Gasteiger partial charge in [0, 0.05) is 24.8 Å². The first-order valence-electron chi connectivity index (χ1n) is 7.61. The molecule has 0 saturated carbocycles. The molecule has 20 heavy (non-hydrogen) atoms. The molecule has 5 nitrogen and oxygen atoms in total. The number of nitrogens with zero attached hydrogens (tertiary/aromatic N) is 4. The first-order chi connectivity index (χ1) is 9.78. The molecule has 0 radical (unpaired) electrons. The molecule has 4 heterocycles. The number of aryl methyl sites for hydroxylation is 1. The van der Waals surface area contributed by atoms with E-state index in [0.717, 1.165) is 17.6 Å². The fourth-order valence-electron chi connectivity index (χ4n) is 3.58. The van der Waals surface area contributed by atoms with Crippen LogP contribution in [0.5, 0.6) is 0 Å². The van der Waals surface area contributed by atoms with Crippen LogP contribution in [0.15, 0.2) is 18.3 Å². The summed E-state index contributed by atoms with van der Waals surface area (Å²) in [6.45, 7) is 4.59. The average molecular weight is 271 g/mol. The van der Waals surface area contributed by atoms with Crippen LogP contribution < -0.4 is 5.32 Å². The molecule has 5 heteroatoms. The fourth-order valence-corrected chi connectivity index (χ4v) is 3.58. The molecule has 2 fully saturated rings. The normalized spacial score (nSPS) is 26.9. The molecule has 2 aliphatic heterocycles. The standard InChI is InChI=1S/C15H21N5/c1-11-4-8-20-14(9-11)17-15(18-20)16-12-5-7-19-6-2-3-13(19)10-12/h4,8-9,12-13H,2-3,5-7,10H2,1H3,(H,16,18). The van der Waals surface area contributed by atoms with Gasteiger partial charge in [0.2, 0.25) is 5.95 Å². The molecule has 0 bridgehead atoms. The topological polar surface area (TPSA) is 45.5 Å². The second-order valence-corrected chi connectivity index (χ2v) is 6.14. The molecular weight excluding hydrogens is 250 g/mol. The Kier molecular flexibility index (Phi) is 2.88. The second kappa shape index (κ2) is 4.74. The third-order valence-electron chi connectivity index (χ3n) is 4.65. The largest absolute Gasteiger partial charge is 0.350 e. The Morgan fingerprint density at radius 2 is 2.25 bits per heavy atom. The highest BCUT2D eigenvalue weighted by molar-refractivity contribution is 5.45. The van der Waals surface area contributed by atoms with E-state index in [1.165, 1.54) is 44.3 Å². The smallest absolute Gasteiger partial charge is 0.243 e. The number of hydrogen-bond donors (Lipinski definition) is 1. The van der Waals surface area contributed by atoms with Crippen molar-refractivity contribution in [2.24, 2.45) is 0 Å². The summed E-state index contributed by atoms with van der Waals surface area (Å²) in [6, 6.07) is 5.42. The van der Waals surface area contributed by atoms with Crippen LogP contribution in [0.2, 0.25) is 0 Å². The highest BCUT2D eigenvalue weighted by atomic mass is 15.3. The number of fused-ring (bicyclic) bond motifs is 2. The minimum absolute atomic E-state index is 0.521. The molecule has 2 aromatic heterocycles. The van der Waals surface area contributed by atoms with Crippen molar-refractivity contribution in [2.75, 3.05) is 18.4 Å². The lowest BCUT2D eigenvalue weighted by Gasteiger charge is -2.34. The maximum Gasteiger partial charge on any atom is 0.243 e. The lowest BCUT2D eigenvalue weighted by molar-refractivity contribution is 0.188. The average Bonchev–Trinajstić information content (AvgIpc) is 3.03. The van der Waals surface area contributed by atoms with E-state index in [4.69, 9.17) is 0 Å². The monoisotopic (exact) mass is 271 g/mol. The van der Waals surface area contributed by atoms with Gasteiger partial charge in [-0.05, 0) is 56.8 Å². The van der Waals surface area contributed by atoms with Crippen molar-refractivity contribution in [3.63, 3.8) is 0 Å². The first-order valence-corrected chi connectivity index (χ1v) is 7.61. The minimum Gasteiger partial charge on any atom is -0.350 e. The number of pyridine rings is 1. The first kappa shape index (κ1) is 12.1. The van der Waals surface area contributed by atoms with Crippen LogP contribution in [0, 0.1) is 6.92 Å². The van der Waals surface area contributed by atoms with Crippen LogP contribution in [0.25, 0.3) is 5.65 Å². The van der Waals surface area contributed by atoms with Crippen molar-refractivity contribution in [1.29, 1.82) is 0 Å². The summed E-state index contributed by atoms with van der Waals surface area (Å²) in [7, 11) is 0. The maximum atomic E-state index is 4.58. The number of anilines is 1. The van der Waals surface area contributed by atoms with Crippen molar-refractivity contribution >= 4 is 11.6 Å². The summed E-state index contributed by atoms with van der Waals surface area (Å²) >= 11 is 0. The fraction of sp³-hybridized carbons (Fsp3) is 0.600. The van der Waals surface area contributed by atoms with Crippen LogP contribution >= 0.6 is 0 Å². The van der Waals surface area contributed by atoms with E-state index < -0.39 is 0 Å². The Balaban J connectivity index is 1.49. The quantitative estimate of drug-likeness (QED) is 0.908. The van der Waals surface area contributed by atoms with Gasteiger partial charge in [0.1, 0.15) is 0 Å². The van der Waals surface area contributed by atoms with Crippen LogP contribution in [-0.2, 0) is 0 Å². The maximum absolute atomic E-state index is 4.58. The SMILES string of the molecule is Cc1ccn2nc(NC3CCN4CCCC4C3)nc2c1. The number of piperidine rings is 1. The van der Waals surface area contributed by atoms with Gasteiger partial charge >= 0.3 is 0 Å². The zero-order valence-electron chi connectivity index (χ0n) is 11.9. The van der Waals surface area contributed by atoms with Crippen LogP contribution in [0.1, 0.15) is 31.2 Å². The molecule has 2 aliphatic rings. The zero-order chi connectivity index (χ0) is 13.5. The van der Waals surface area contributed by atoms with Gasteiger partial charge < -0.3 is 10.2 Å². The molecule has 0 aromatic carbocycles. The minimum atomic E-state index is 0.521. The lowest BCUT2D eigenvalue weighted by atomic mass is 9.98. The second-order valence-electron chi connectivity index (χ2n) is 6.14. The van der Waals surface area contributed by atoms with Gasteiger partial charge in [0.15, 0.2) is 5.65 Å². The van der Waals surface area contributed by atoms with Crippen molar-refractivity contribution in [1.82, 2.24) is 19.5 Å². The van der Waals surface area contributed by atoms with Gasteiger partial charge in [-0.15, -0.1) is 5.10 Å². The number of rotatable bonds is 2. The summed E-state index contributed by atoms with van der Waals surface area (Å²) in [5.74, 6) is 0.770. The predicted octanol–water partition coefficient (Wildman–Crippen LogP) is 2.08. The van der Waals surface area contributed by atoms with Crippen molar-refractivity contribution in [3.8, 4) is 0 Å². The molecule has 0 aliphatic carbocycles. The molecule has 106 valence electrons. The Bertz CT molecular complexity index is 620. The molecule has 2 unspecified atom stereocenters. The van der Waals surface area contributed by atoms with E-state index in [-0.39, 0.29) is 0 Å². The molecule has 0 amide bonds. The lowest BCUT2D eigenvalue weighted by Crippen LogP contribution is -2.42. The summed E-state index contributed by atoms with van der Waals surface area (Å²) in [5, 5.41) is 8.05. The molecule has 2 atom stereocenters. The summed E-state index contributed by atoms with van der Waals surface area (Å²) in [6.07, 6.45) is 7.13. The molecule has 2 saturated heterocycles.